The van der Waals surface area contributed by atoms with E-state index in [9.17, 15) is 18.0 Å². The second-order valence-electron chi connectivity index (χ2n) is 9.14. The summed E-state index contributed by atoms with van der Waals surface area (Å²) in [6, 6.07) is 13.2. The molecule has 0 saturated heterocycles. The highest BCUT2D eigenvalue weighted by Gasteiger charge is 2.31. The summed E-state index contributed by atoms with van der Waals surface area (Å²) in [6.07, 6.45) is 6.23. The van der Waals surface area contributed by atoms with E-state index in [4.69, 9.17) is 4.74 Å². The number of hydrogen-bond donors (Lipinski definition) is 1. The van der Waals surface area contributed by atoms with Gasteiger partial charge < -0.3 is 15.0 Å². The number of nitrogens with one attached hydrogen (secondary N) is 1. The van der Waals surface area contributed by atoms with E-state index in [0.29, 0.717) is 11.4 Å². The minimum Gasteiger partial charge on any atom is -0.497 e. The lowest BCUT2D eigenvalue weighted by atomic mass is 9.95. The Balaban J connectivity index is 1.85. The van der Waals surface area contributed by atoms with Crippen molar-refractivity contribution in [2.24, 2.45) is 0 Å². The molecular formula is C26H34BrN3O5S. The molecule has 2 amide bonds. The maximum Gasteiger partial charge on any atom is 0.244 e. The lowest BCUT2D eigenvalue weighted by Crippen LogP contribution is -2.52. The zero-order chi connectivity index (χ0) is 26.3. The summed E-state index contributed by atoms with van der Waals surface area (Å²) in [5, 5.41) is 3.09. The van der Waals surface area contributed by atoms with Crippen LogP contribution in [0.3, 0.4) is 0 Å². The Kier molecular flexibility index (Phi) is 9.78. The number of amides is 2. The predicted molar refractivity (Wildman–Crippen MR) is 144 cm³/mol. The van der Waals surface area contributed by atoms with Crippen molar-refractivity contribution < 1.29 is 22.7 Å². The van der Waals surface area contributed by atoms with Gasteiger partial charge in [-0.25, -0.2) is 8.42 Å². The Hall–Kier alpha value is -2.59. The lowest BCUT2D eigenvalue weighted by Gasteiger charge is -2.33. The molecule has 1 saturated carbocycles. The zero-order valence-corrected chi connectivity index (χ0v) is 23.3. The summed E-state index contributed by atoms with van der Waals surface area (Å²) in [5.74, 6) is -0.0260. The third-order valence-electron chi connectivity index (χ3n) is 6.42. The number of methoxy groups -OCH3 is 1. The fourth-order valence-electron chi connectivity index (χ4n) is 4.30. The quantitative estimate of drug-likeness (QED) is 0.457. The highest BCUT2D eigenvalue weighted by atomic mass is 79.9. The van der Waals surface area contributed by atoms with Crippen molar-refractivity contribution in [2.45, 2.75) is 57.7 Å². The van der Waals surface area contributed by atoms with E-state index in [-0.39, 0.29) is 18.5 Å². The molecule has 3 rings (SSSR count). The molecule has 8 nitrogen and oxygen atoms in total. The van der Waals surface area contributed by atoms with Gasteiger partial charge in [0.2, 0.25) is 21.8 Å². The van der Waals surface area contributed by atoms with Crippen molar-refractivity contribution in [3.05, 3.63) is 58.6 Å². The predicted octanol–water partition coefficient (Wildman–Crippen LogP) is 4.09. The van der Waals surface area contributed by atoms with Crippen LogP contribution in [0.5, 0.6) is 5.75 Å². The van der Waals surface area contributed by atoms with Crippen LogP contribution in [0.15, 0.2) is 53.0 Å². The normalized spacial score (nSPS) is 15.1. The molecule has 0 spiro atoms. The van der Waals surface area contributed by atoms with Gasteiger partial charge in [0.15, 0.2) is 0 Å². The van der Waals surface area contributed by atoms with E-state index >= 15 is 0 Å². The van der Waals surface area contributed by atoms with Crippen LogP contribution in [0.2, 0.25) is 0 Å². The van der Waals surface area contributed by atoms with Crippen LogP contribution in [0.25, 0.3) is 0 Å². The van der Waals surface area contributed by atoms with Crippen LogP contribution < -0.4 is 14.4 Å². The number of anilines is 1. The molecule has 1 aliphatic rings. The Morgan fingerprint density at radius 1 is 1.06 bits per heavy atom. The van der Waals surface area contributed by atoms with E-state index in [1.807, 2.05) is 12.1 Å². The number of sulfonamides is 1. The van der Waals surface area contributed by atoms with Gasteiger partial charge in [0, 0.05) is 17.1 Å². The molecule has 0 aromatic heterocycles. The third kappa shape index (κ3) is 7.70. The summed E-state index contributed by atoms with van der Waals surface area (Å²) in [5.41, 5.74) is 1.17. The Morgan fingerprint density at radius 2 is 1.67 bits per heavy atom. The van der Waals surface area contributed by atoms with Crippen LogP contribution in [0, 0.1) is 0 Å². The molecule has 1 atom stereocenters. The van der Waals surface area contributed by atoms with E-state index in [1.165, 1.54) is 11.3 Å². The maximum atomic E-state index is 13.6. The SMILES string of the molecule is COc1ccc(CN(C(=O)CN(c2ccc(Br)cc2)S(C)(=O)=O)C(C)C(=O)NC2CCCCC2)cc1. The summed E-state index contributed by atoms with van der Waals surface area (Å²) in [7, 11) is -2.18. The van der Waals surface area contributed by atoms with Gasteiger partial charge in [-0.3, -0.25) is 13.9 Å². The fourth-order valence-corrected chi connectivity index (χ4v) is 5.41. The maximum absolute atomic E-state index is 13.6. The first kappa shape index (κ1) is 28.0. The Morgan fingerprint density at radius 3 is 2.22 bits per heavy atom. The van der Waals surface area contributed by atoms with Crippen molar-refractivity contribution in [1.29, 1.82) is 0 Å². The van der Waals surface area contributed by atoms with Gasteiger partial charge in [-0.2, -0.15) is 0 Å². The Bertz CT molecular complexity index is 1130. The number of hydrogen-bond acceptors (Lipinski definition) is 5. The van der Waals surface area contributed by atoms with Gasteiger partial charge in [-0.15, -0.1) is 0 Å². The standard InChI is InChI=1S/C26H34BrN3O5S/c1-19(26(32)28-22-7-5-4-6-8-22)29(17-20-9-15-24(35-2)16-10-20)25(31)18-30(36(3,33)34)23-13-11-21(27)12-14-23/h9-16,19,22H,4-8,17-18H2,1-3H3,(H,28,32). The average Bonchev–Trinajstić information content (AvgIpc) is 2.86. The van der Waals surface area contributed by atoms with Crippen LogP contribution in [0.1, 0.15) is 44.6 Å². The molecule has 1 fully saturated rings. The first-order chi connectivity index (χ1) is 17.1. The first-order valence-electron chi connectivity index (χ1n) is 12.0. The second-order valence-corrected chi connectivity index (χ2v) is 12.0. The molecule has 1 aliphatic carbocycles. The van der Waals surface area contributed by atoms with Gasteiger partial charge >= 0.3 is 0 Å². The summed E-state index contributed by atoms with van der Waals surface area (Å²) < 4.78 is 32.3. The molecule has 196 valence electrons. The van der Waals surface area contributed by atoms with Crippen molar-refractivity contribution in [3.63, 3.8) is 0 Å². The monoisotopic (exact) mass is 579 g/mol. The van der Waals surface area contributed by atoms with E-state index in [2.05, 4.69) is 21.2 Å². The van der Waals surface area contributed by atoms with Gasteiger partial charge in [0.1, 0.15) is 18.3 Å². The smallest absolute Gasteiger partial charge is 0.244 e. The van der Waals surface area contributed by atoms with Crippen LogP contribution >= 0.6 is 15.9 Å². The molecule has 0 bridgehead atoms. The van der Waals surface area contributed by atoms with Crippen LogP contribution in [-0.4, -0.2) is 57.1 Å². The highest BCUT2D eigenvalue weighted by Crippen LogP contribution is 2.23. The van der Waals surface area contributed by atoms with E-state index < -0.39 is 28.5 Å². The number of ether oxygens (including phenoxy) is 1. The molecule has 1 unspecified atom stereocenters. The molecule has 36 heavy (non-hydrogen) atoms. The minimum atomic E-state index is -3.76. The largest absolute Gasteiger partial charge is 0.497 e. The zero-order valence-electron chi connectivity index (χ0n) is 20.9. The van der Waals surface area contributed by atoms with Crippen molar-refractivity contribution in [3.8, 4) is 5.75 Å². The van der Waals surface area contributed by atoms with E-state index in [0.717, 1.165) is 46.3 Å². The van der Waals surface area contributed by atoms with Crippen molar-refractivity contribution in [2.75, 3.05) is 24.2 Å². The molecule has 2 aromatic carbocycles. The fraction of sp³-hybridized carbons (Fsp3) is 0.462. The summed E-state index contributed by atoms with van der Waals surface area (Å²) in [6.45, 7) is 1.42. The number of rotatable bonds is 10. The molecule has 0 heterocycles. The number of benzene rings is 2. The average molecular weight is 581 g/mol. The highest BCUT2D eigenvalue weighted by molar-refractivity contribution is 9.10. The topological polar surface area (TPSA) is 96.0 Å². The molecular weight excluding hydrogens is 546 g/mol. The van der Waals surface area contributed by atoms with Gasteiger partial charge in [-0.05, 0) is 61.7 Å². The number of halogens is 1. The molecule has 0 radical (unpaired) electrons. The molecule has 2 aromatic rings. The van der Waals surface area contributed by atoms with Crippen molar-refractivity contribution in [1.82, 2.24) is 10.2 Å². The number of carbonyl (C=O) groups is 2. The van der Waals surface area contributed by atoms with Gasteiger partial charge in [0.25, 0.3) is 0 Å². The van der Waals surface area contributed by atoms with Gasteiger partial charge in [0.05, 0.1) is 19.1 Å². The molecule has 0 aliphatic heterocycles. The summed E-state index contributed by atoms with van der Waals surface area (Å²) >= 11 is 3.35. The van der Waals surface area contributed by atoms with Crippen LogP contribution in [-0.2, 0) is 26.2 Å². The minimum absolute atomic E-state index is 0.0990. The number of carbonyl (C=O) groups excluding carboxylic acids is 2. The summed E-state index contributed by atoms with van der Waals surface area (Å²) in [4.78, 5) is 28.2. The van der Waals surface area contributed by atoms with Crippen LogP contribution in [0.4, 0.5) is 5.69 Å². The first-order valence-corrected chi connectivity index (χ1v) is 14.7. The van der Waals surface area contributed by atoms with Crippen molar-refractivity contribution >= 4 is 43.5 Å². The molecule has 1 N–H and O–H groups in total. The van der Waals surface area contributed by atoms with Gasteiger partial charge in [-0.1, -0.05) is 47.3 Å². The Labute approximate surface area is 222 Å². The molecule has 10 heteroatoms. The third-order valence-corrected chi connectivity index (χ3v) is 8.09. The lowest BCUT2D eigenvalue weighted by molar-refractivity contribution is -0.139. The second kappa shape index (κ2) is 12.6. The number of nitrogens with zero attached hydrogens (tertiary/aromatic N) is 2. The van der Waals surface area contributed by atoms with E-state index in [1.54, 1.807) is 50.4 Å².